The van der Waals surface area contributed by atoms with Crippen molar-refractivity contribution < 1.29 is 28.3 Å². The monoisotopic (exact) mass is 312 g/mol. The Bertz CT molecular complexity index is 623. The van der Waals surface area contributed by atoms with Crippen molar-refractivity contribution in [3.05, 3.63) is 35.6 Å². The molecule has 1 fully saturated rings. The summed E-state index contributed by atoms with van der Waals surface area (Å²) in [5.74, 6) is -3.42. The first-order valence-electron chi connectivity index (χ1n) is 6.56. The van der Waals surface area contributed by atoms with Crippen LogP contribution in [0.3, 0.4) is 0 Å². The predicted octanol–water partition coefficient (Wildman–Crippen LogP) is 0.581. The molecule has 118 valence electrons. The molecule has 2 rings (SSSR count). The summed E-state index contributed by atoms with van der Waals surface area (Å²) < 4.78 is 26.8. The van der Waals surface area contributed by atoms with Crippen molar-refractivity contribution in [3.8, 4) is 0 Å². The van der Waals surface area contributed by atoms with Crippen molar-refractivity contribution in [2.24, 2.45) is 0 Å². The maximum atomic E-state index is 13.8. The van der Waals surface area contributed by atoms with Gasteiger partial charge in [0.2, 0.25) is 11.6 Å². The van der Waals surface area contributed by atoms with Crippen LogP contribution in [0.25, 0.3) is 0 Å². The molecule has 1 aromatic carbocycles. The van der Waals surface area contributed by atoms with E-state index in [1.807, 2.05) is 0 Å². The molecule has 1 aliphatic rings. The van der Waals surface area contributed by atoms with Crippen LogP contribution in [0.2, 0.25) is 0 Å². The van der Waals surface area contributed by atoms with E-state index in [2.05, 4.69) is 5.32 Å². The lowest BCUT2D eigenvalue weighted by atomic mass is 10.1. The van der Waals surface area contributed by atoms with Gasteiger partial charge in [-0.1, -0.05) is 6.07 Å². The van der Waals surface area contributed by atoms with Crippen LogP contribution in [0.1, 0.15) is 16.8 Å². The standard InChI is InChI=1S/C14H14F2N2O4/c15-10-3-1-2-9(6-10)12(20)17-7-11(19)18-5-4-14(16,8-18)13(21)22/h1-3,6H,4-5,7-8H2,(H,17,20)(H,21,22). The van der Waals surface area contributed by atoms with Gasteiger partial charge in [-0.3, -0.25) is 9.59 Å². The molecule has 2 amide bonds. The van der Waals surface area contributed by atoms with Gasteiger partial charge >= 0.3 is 5.97 Å². The Morgan fingerprint density at radius 3 is 2.68 bits per heavy atom. The number of aliphatic carboxylic acids is 1. The molecule has 0 radical (unpaired) electrons. The fraction of sp³-hybridized carbons (Fsp3) is 0.357. The van der Waals surface area contributed by atoms with E-state index < -0.39 is 42.4 Å². The van der Waals surface area contributed by atoms with Crippen LogP contribution in [0.5, 0.6) is 0 Å². The highest BCUT2D eigenvalue weighted by atomic mass is 19.1. The highest BCUT2D eigenvalue weighted by Crippen LogP contribution is 2.25. The Kier molecular flexibility index (Phi) is 4.39. The summed E-state index contributed by atoms with van der Waals surface area (Å²) in [6, 6.07) is 4.94. The number of carboxylic acids is 1. The molecule has 1 saturated heterocycles. The van der Waals surface area contributed by atoms with E-state index >= 15 is 0 Å². The first-order chi connectivity index (χ1) is 10.3. The molecular weight excluding hydrogens is 298 g/mol. The highest BCUT2D eigenvalue weighted by Gasteiger charge is 2.46. The zero-order valence-corrected chi connectivity index (χ0v) is 11.5. The number of halogens is 2. The predicted molar refractivity (Wildman–Crippen MR) is 71.4 cm³/mol. The quantitative estimate of drug-likeness (QED) is 0.851. The summed E-state index contributed by atoms with van der Waals surface area (Å²) in [4.78, 5) is 35.4. The molecule has 6 nitrogen and oxygen atoms in total. The topological polar surface area (TPSA) is 86.7 Å². The van der Waals surface area contributed by atoms with Crippen molar-refractivity contribution in [1.82, 2.24) is 10.2 Å². The zero-order chi connectivity index (χ0) is 16.3. The number of carbonyl (C=O) groups is 3. The van der Waals surface area contributed by atoms with Crippen LogP contribution in [0.4, 0.5) is 8.78 Å². The van der Waals surface area contributed by atoms with Crippen LogP contribution < -0.4 is 5.32 Å². The Balaban J connectivity index is 1.89. The number of likely N-dealkylation sites (tertiary alicyclic amines) is 1. The number of nitrogens with zero attached hydrogens (tertiary/aromatic N) is 1. The molecule has 0 aromatic heterocycles. The molecule has 22 heavy (non-hydrogen) atoms. The normalized spacial score (nSPS) is 20.7. The summed E-state index contributed by atoms with van der Waals surface area (Å²) in [7, 11) is 0. The number of benzene rings is 1. The molecule has 0 aliphatic carbocycles. The van der Waals surface area contributed by atoms with Crippen molar-refractivity contribution in [2.45, 2.75) is 12.1 Å². The van der Waals surface area contributed by atoms with E-state index in [1.54, 1.807) is 0 Å². The fourth-order valence-electron chi connectivity index (χ4n) is 2.16. The summed E-state index contributed by atoms with van der Waals surface area (Å²) in [5, 5.41) is 11.0. The lowest BCUT2D eigenvalue weighted by molar-refractivity contribution is -0.150. The van der Waals surface area contributed by atoms with Gasteiger partial charge in [0.1, 0.15) is 5.82 Å². The molecule has 1 unspecified atom stereocenters. The number of amides is 2. The second kappa shape index (κ2) is 6.08. The van der Waals surface area contributed by atoms with Crippen LogP contribution in [-0.4, -0.2) is 53.1 Å². The third kappa shape index (κ3) is 3.38. The van der Waals surface area contributed by atoms with Crippen molar-refractivity contribution in [2.75, 3.05) is 19.6 Å². The number of hydrogen-bond donors (Lipinski definition) is 2. The maximum Gasteiger partial charge on any atom is 0.343 e. The lowest BCUT2D eigenvalue weighted by Gasteiger charge is -2.18. The second-order valence-electron chi connectivity index (χ2n) is 5.03. The summed E-state index contributed by atoms with van der Waals surface area (Å²) >= 11 is 0. The number of carboxylic acid groups (broad SMARTS) is 1. The van der Waals surface area contributed by atoms with Gasteiger partial charge in [-0.25, -0.2) is 13.6 Å². The lowest BCUT2D eigenvalue weighted by Crippen LogP contribution is -2.42. The number of nitrogens with one attached hydrogen (secondary N) is 1. The van der Waals surface area contributed by atoms with Gasteiger partial charge in [0.05, 0.1) is 13.1 Å². The van der Waals surface area contributed by atoms with Gasteiger partial charge < -0.3 is 15.3 Å². The van der Waals surface area contributed by atoms with E-state index in [0.29, 0.717) is 0 Å². The molecule has 1 aromatic rings. The molecule has 1 aliphatic heterocycles. The Morgan fingerprint density at radius 1 is 1.36 bits per heavy atom. The van der Waals surface area contributed by atoms with E-state index in [1.165, 1.54) is 18.2 Å². The number of rotatable bonds is 4. The third-order valence-electron chi connectivity index (χ3n) is 3.44. The first-order valence-corrected chi connectivity index (χ1v) is 6.56. The van der Waals surface area contributed by atoms with Crippen molar-refractivity contribution in [1.29, 1.82) is 0 Å². The average Bonchev–Trinajstić information content (AvgIpc) is 2.88. The Morgan fingerprint density at radius 2 is 2.09 bits per heavy atom. The maximum absolute atomic E-state index is 13.8. The van der Waals surface area contributed by atoms with Crippen LogP contribution in [0.15, 0.2) is 24.3 Å². The van der Waals surface area contributed by atoms with E-state index in [9.17, 15) is 23.2 Å². The van der Waals surface area contributed by atoms with Gasteiger partial charge in [-0.05, 0) is 18.2 Å². The van der Waals surface area contributed by atoms with Gasteiger partial charge in [0, 0.05) is 18.5 Å². The van der Waals surface area contributed by atoms with Crippen LogP contribution in [0, 0.1) is 5.82 Å². The SMILES string of the molecule is O=C(NCC(=O)N1CCC(F)(C(=O)O)C1)c1cccc(F)c1. The van der Waals surface area contributed by atoms with Crippen molar-refractivity contribution in [3.63, 3.8) is 0 Å². The molecule has 0 spiro atoms. The highest BCUT2D eigenvalue weighted by molar-refractivity contribution is 5.96. The number of hydrogen-bond acceptors (Lipinski definition) is 3. The Hall–Kier alpha value is -2.51. The molecule has 8 heteroatoms. The van der Waals surface area contributed by atoms with Crippen LogP contribution in [-0.2, 0) is 9.59 Å². The summed E-state index contributed by atoms with van der Waals surface area (Å²) in [6.07, 6.45) is -0.286. The molecule has 1 atom stereocenters. The second-order valence-corrected chi connectivity index (χ2v) is 5.03. The average molecular weight is 312 g/mol. The third-order valence-corrected chi connectivity index (χ3v) is 3.44. The van der Waals surface area contributed by atoms with Gasteiger partial charge in [0.15, 0.2) is 0 Å². The zero-order valence-electron chi connectivity index (χ0n) is 11.5. The van der Waals surface area contributed by atoms with E-state index in [4.69, 9.17) is 5.11 Å². The largest absolute Gasteiger partial charge is 0.479 e. The van der Waals surface area contributed by atoms with E-state index in [-0.39, 0.29) is 18.5 Å². The first kappa shape index (κ1) is 15.9. The van der Waals surface area contributed by atoms with Gasteiger partial charge in [0.25, 0.3) is 5.91 Å². The van der Waals surface area contributed by atoms with E-state index in [0.717, 1.165) is 11.0 Å². The molecule has 1 heterocycles. The molecule has 2 N–H and O–H groups in total. The Labute approximate surface area is 124 Å². The number of carbonyl (C=O) groups excluding carboxylic acids is 2. The fourth-order valence-corrected chi connectivity index (χ4v) is 2.16. The summed E-state index contributed by atoms with van der Waals surface area (Å²) in [6.45, 7) is -0.987. The molecule has 0 saturated carbocycles. The molecule has 0 bridgehead atoms. The minimum atomic E-state index is -2.44. The molecular formula is C14H14F2N2O4. The minimum absolute atomic E-state index is 0.0303. The van der Waals surface area contributed by atoms with Gasteiger partial charge in [-0.15, -0.1) is 0 Å². The smallest absolute Gasteiger partial charge is 0.343 e. The van der Waals surface area contributed by atoms with Gasteiger partial charge in [-0.2, -0.15) is 0 Å². The van der Waals surface area contributed by atoms with Crippen LogP contribution >= 0.6 is 0 Å². The van der Waals surface area contributed by atoms with Crippen molar-refractivity contribution >= 4 is 17.8 Å². The summed E-state index contributed by atoms with van der Waals surface area (Å²) in [5.41, 5.74) is -2.39. The number of alkyl halides is 1. The minimum Gasteiger partial charge on any atom is -0.479 e.